The second-order valence-corrected chi connectivity index (χ2v) is 10.1. The summed E-state index contributed by atoms with van der Waals surface area (Å²) in [6, 6.07) is 9.99. The Morgan fingerprint density at radius 3 is 2.38 bits per heavy atom. The Hall–Kier alpha value is -2.96. The summed E-state index contributed by atoms with van der Waals surface area (Å²) >= 11 is 0. The van der Waals surface area contributed by atoms with E-state index in [4.69, 9.17) is 0 Å². The highest BCUT2D eigenvalue weighted by atomic mass is 32.2. The predicted molar refractivity (Wildman–Crippen MR) is 119 cm³/mol. The summed E-state index contributed by atoms with van der Waals surface area (Å²) in [6.07, 6.45) is -4.65. The molecule has 0 bridgehead atoms. The number of sulfonamides is 1. The van der Waals surface area contributed by atoms with Crippen molar-refractivity contribution in [1.82, 2.24) is 9.21 Å². The van der Waals surface area contributed by atoms with Gasteiger partial charge in [-0.25, -0.2) is 8.42 Å². The van der Waals surface area contributed by atoms with Crippen molar-refractivity contribution in [2.45, 2.75) is 24.0 Å². The molecule has 1 unspecified atom stereocenters. The Kier molecular flexibility index (Phi) is 6.40. The molecule has 0 aromatic heterocycles. The molecule has 2 aromatic rings. The molecule has 0 spiro atoms. The summed E-state index contributed by atoms with van der Waals surface area (Å²) < 4.78 is 66.0. The monoisotopic (exact) mass is 496 g/mol. The first kappa shape index (κ1) is 24.2. The van der Waals surface area contributed by atoms with Crippen molar-refractivity contribution in [3.63, 3.8) is 0 Å². The van der Waals surface area contributed by atoms with Crippen molar-refractivity contribution < 1.29 is 31.2 Å². The van der Waals surface area contributed by atoms with Crippen LogP contribution in [0.15, 0.2) is 53.4 Å². The first-order chi connectivity index (χ1) is 16.0. The minimum atomic E-state index is -4.65. The van der Waals surface area contributed by atoms with Crippen molar-refractivity contribution >= 4 is 33.2 Å². The number of anilines is 2. The molecule has 2 aliphatic heterocycles. The van der Waals surface area contributed by atoms with Gasteiger partial charge in [-0.05, 0) is 37.3 Å². The van der Waals surface area contributed by atoms with Gasteiger partial charge in [0.05, 0.1) is 27.9 Å². The van der Waals surface area contributed by atoms with Crippen LogP contribution in [0, 0.1) is 0 Å². The third-order valence-electron chi connectivity index (χ3n) is 6.01. The number of nitrogens with zero attached hydrogens (tertiary/aromatic N) is 3. The predicted octanol–water partition coefficient (Wildman–Crippen LogP) is 2.39. The fraction of sp³-hybridized carbons (Fsp3) is 0.364. The molecule has 1 saturated heterocycles. The number of carbonyl (C=O) groups excluding carboxylic acids is 2. The summed E-state index contributed by atoms with van der Waals surface area (Å²) in [5.74, 6) is -0.604. The van der Waals surface area contributed by atoms with Crippen LogP contribution >= 0.6 is 0 Å². The van der Waals surface area contributed by atoms with Crippen molar-refractivity contribution in [1.29, 1.82) is 0 Å². The zero-order valence-electron chi connectivity index (χ0n) is 18.2. The van der Waals surface area contributed by atoms with Gasteiger partial charge in [0.25, 0.3) is 0 Å². The van der Waals surface area contributed by atoms with E-state index in [1.807, 2.05) is 0 Å². The molecule has 2 aromatic carbocycles. The van der Waals surface area contributed by atoms with E-state index < -0.39 is 32.7 Å². The van der Waals surface area contributed by atoms with Gasteiger partial charge in [-0.2, -0.15) is 17.5 Å². The number of benzene rings is 2. The van der Waals surface area contributed by atoms with Crippen LogP contribution in [0.3, 0.4) is 0 Å². The lowest BCUT2D eigenvalue weighted by Gasteiger charge is -2.39. The van der Waals surface area contributed by atoms with Crippen LogP contribution in [0.2, 0.25) is 0 Å². The molecule has 8 nitrogen and oxygen atoms in total. The summed E-state index contributed by atoms with van der Waals surface area (Å²) in [4.78, 5) is 28.0. The molecule has 4 rings (SSSR count). The molecule has 0 saturated carbocycles. The number of nitrogens with one attached hydrogen (secondary N) is 1. The van der Waals surface area contributed by atoms with Gasteiger partial charge in [0.15, 0.2) is 0 Å². The zero-order valence-corrected chi connectivity index (χ0v) is 19.1. The zero-order chi connectivity index (χ0) is 24.7. The largest absolute Gasteiger partial charge is 0.416 e. The number of alkyl halides is 3. The van der Waals surface area contributed by atoms with Crippen LogP contribution in [0.25, 0.3) is 0 Å². The summed E-state index contributed by atoms with van der Waals surface area (Å²) in [7, 11) is -4.12. The molecule has 12 heteroatoms. The van der Waals surface area contributed by atoms with E-state index in [0.717, 1.165) is 22.5 Å². The van der Waals surface area contributed by atoms with Crippen molar-refractivity contribution in [3.05, 3.63) is 54.1 Å². The first-order valence-electron chi connectivity index (χ1n) is 10.6. The number of hydrogen-bond acceptors (Lipinski definition) is 5. The number of rotatable bonds is 4. The number of fused-ring (bicyclic) bond motifs is 1. The second kappa shape index (κ2) is 9.01. The van der Waals surface area contributed by atoms with Gasteiger partial charge < -0.3 is 5.32 Å². The third kappa shape index (κ3) is 4.65. The molecule has 2 amide bonds. The van der Waals surface area contributed by atoms with Gasteiger partial charge in [0.2, 0.25) is 21.8 Å². The van der Waals surface area contributed by atoms with Gasteiger partial charge in [-0.15, -0.1) is 0 Å². The standard InChI is InChI=1S/C22H23F3N4O4S/c1-15(21(31)29-14-20(30)26-18-7-2-3-8-19(18)29)27-9-11-28(12-10-27)34(32,33)17-6-4-5-16(13-17)22(23,24)25/h2-8,13,15H,9-12,14H2,1H3,(H,26,30). The highest BCUT2D eigenvalue weighted by Crippen LogP contribution is 2.32. The quantitative estimate of drug-likeness (QED) is 0.702. The summed E-state index contributed by atoms with van der Waals surface area (Å²) in [6.45, 7) is 2.04. The minimum Gasteiger partial charge on any atom is -0.323 e. The van der Waals surface area contributed by atoms with E-state index in [0.29, 0.717) is 17.4 Å². The van der Waals surface area contributed by atoms with Crippen molar-refractivity contribution in [2.24, 2.45) is 0 Å². The van der Waals surface area contributed by atoms with Crippen LogP contribution in [0.4, 0.5) is 24.5 Å². The van der Waals surface area contributed by atoms with E-state index in [9.17, 15) is 31.2 Å². The molecule has 1 fully saturated rings. The second-order valence-electron chi connectivity index (χ2n) is 8.13. The molecule has 34 heavy (non-hydrogen) atoms. The molecule has 2 heterocycles. The van der Waals surface area contributed by atoms with E-state index >= 15 is 0 Å². The average molecular weight is 497 g/mol. The number of carbonyl (C=O) groups is 2. The Labute approximate surface area is 195 Å². The highest BCUT2D eigenvalue weighted by Gasteiger charge is 2.37. The number of piperazine rings is 1. The van der Waals surface area contributed by atoms with Gasteiger partial charge in [-0.3, -0.25) is 19.4 Å². The van der Waals surface area contributed by atoms with Crippen molar-refractivity contribution in [3.8, 4) is 0 Å². The first-order valence-corrected chi connectivity index (χ1v) is 12.0. The number of hydrogen-bond donors (Lipinski definition) is 1. The number of para-hydroxylation sites is 2. The van der Waals surface area contributed by atoms with Crippen LogP contribution in [0.5, 0.6) is 0 Å². The van der Waals surface area contributed by atoms with Gasteiger partial charge in [0, 0.05) is 26.2 Å². The Morgan fingerprint density at radius 1 is 1.03 bits per heavy atom. The summed E-state index contributed by atoms with van der Waals surface area (Å²) in [5, 5.41) is 2.72. The SMILES string of the molecule is CC(C(=O)N1CC(=O)Nc2ccccc21)N1CCN(S(=O)(=O)c2cccc(C(F)(F)F)c2)CC1. The maximum Gasteiger partial charge on any atom is 0.416 e. The average Bonchev–Trinajstić information content (AvgIpc) is 2.82. The Morgan fingerprint density at radius 2 is 1.71 bits per heavy atom. The van der Waals surface area contributed by atoms with Gasteiger partial charge in [0.1, 0.15) is 6.54 Å². The fourth-order valence-electron chi connectivity index (χ4n) is 4.12. The molecule has 182 valence electrons. The van der Waals surface area contributed by atoms with Gasteiger partial charge >= 0.3 is 6.18 Å². The molecular formula is C22H23F3N4O4S. The lowest BCUT2D eigenvalue weighted by molar-refractivity contribution is -0.137. The van der Waals surface area contributed by atoms with Crippen LogP contribution < -0.4 is 10.2 Å². The molecule has 2 aliphatic rings. The maximum atomic E-state index is 13.2. The summed E-state index contributed by atoms with van der Waals surface area (Å²) in [5.41, 5.74) is 0.0956. The van der Waals surface area contributed by atoms with Crippen LogP contribution in [0.1, 0.15) is 12.5 Å². The maximum absolute atomic E-state index is 13.2. The van der Waals surface area contributed by atoms with E-state index in [-0.39, 0.29) is 44.5 Å². The fourth-order valence-corrected chi connectivity index (χ4v) is 5.59. The lowest BCUT2D eigenvalue weighted by Crippen LogP contribution is -2.56. The van der Waals surface area contributed by atoms with Crippen LogP contribution in [-0.2, 0) is 25.8 Å². The highest BCUT2D eigenvalue weighted by molar-refractivity contribution is 7.89. The molecule has 1 atom stereocenters. The Bertz CT molecular complexity index is 1210. The number of amides is 2. The molecule has 0 aliphatic carbocycles. The van der Waals surface area contributed by atoms with E-state index in [1.165, 1.54) is 4.90 Å². The Balaban J connectivity index is 1.45. The normalized spacial score (nSPS) is 18.8. The third-order valence-corrected chi connectivity index (χ3v) is 7.91. The van der Waals surface area contributed by atoms with Crippen LogP contribution in [-0.4, -0.2) is 68.2 Å². The molecular weight excluding hydrogens is 473 g/mol. The molecule has 1 N–H and O–H groups in total. The topological polar surface area (TPSA) is 90.0 Å². The van der Waals surface area contributed by atoms with E-state index in [2.05, 4.69) is 5.32 Å². The smallest absolute Gasteiger partial charge is 0.323 e. The number of halogens is 3. The lowest BCUT2D eigenvalue weighted by atomic mass is 10.1. The van der Waals surface area contributed by atoms with Gasteiger partial charge in [-0.1, -0.05) is 18.2 Å². The van der Waals surface area contributed by atoms with E-state index in [1.54, 1.807) is 36.1 Å². The minimum absolute atomic E-state index is 0.0211. The van der Waals surface area contributed by atoms with Crippen molar-refractivity contribution in [2.75, 3.05) is 42.9 Å². The molecule has 0 radical (unpaired) electrons.